The second-order valence-corrected chi connectivity index (χ2v) is 8.97. The van der Waals surface area contributed by atoms with Gasteiger partial charge in [-0.25, -0.2) is 13.1 Å². The fraction of sp³-hybridized carbons (Fsp3) is 0.263. The lowest BCUT2D eigenvalue weighted by molar-refractivity contribution is 0.494. The normalized spacial score (nSPS) is 14.2. The third-order valence-electron chi connectivity index (χ3n) is 4.63. The summed E-state index contributed by atoms with van der Waals surface area (Å²) in [5.74, 6) is 0.491. The zero-order valence-electron chi connectivity index (χ0n) is 14.8. The molecule has 0 bridgehead atoms. The van der Waals surface area contributed by atoms with E-state index in [9.17, 15) is 8.42 Å². The molecule has 2 aromatic carbocycles. The molecule has 0 saturated carbocycles. The minimum absolute atomic E-state index is 0.314. The summed E-state index contributed by atoms with van der Waals surface area (Å²) in [4.78, 5) is 2.82. The van der Waals surface area contributed by atoms with Gasteiger partial charge in [0.05, 0.1) is 4.90 Å². The monoisotopic (exact) mass is 401 g/mol. The van der Waals surface area contributed by atoms with Crippen LogP contribution in [0.4, 0.5) is 5.69 Å². The Kier molecular flexibility index (Phi) is 4.61. The molecule has 8 heteroatoms. The zero-order valence-corrected chi connectivity index (χ0v) is 16.5. The van der Waals surface area contributed by atoms with Crippen LogP contribution in [0.1, 0.15) is 12.0 Å². The van der Waals surface area contributed by atoms with Crippen molar-refractivity contribution in [2.75, 3.05) is 17.7 Å². The van der Waals surface area contributed by atoms with Gasteiger partial charge in [0.25, 0.3) is 4.84 Å². The van der Waals surface area contributed by atoms with E-state index < -0.39 is 9.84 Å². The van der Waals surface area contributed by atoms with E-state index in [2.05, 4.69) is 10.00 Å². The van der Waals surface area contributed by atoms with Crippen LogP contribution in [0.3, 0.4) is 0 Å². The van der Waals surface area contributed by atoms with E-state index >= 15 is 0 Å². The number of anilines is 1. The summed E-state index contributed by atoms with van der Waals surface area (Å²) < 4.78 is 31.0. The molecule has 0 saturated heterocycles. The number of hydrogen-bond acceptors (Lipinski definition) is 6. The topological polar surface area (TPSA) is 68.3 Å². The molecule has 2 heterocycles. The maximum absolute atomic E-state index is 11.8. The summed E-state index contributed by atoms with van der Waals surface area (Å²) in [6.07, 6.45) is 3.03. The molecule has 3 aromatic rings. The Morgan fingerprint density at radius 2 is 1.96 bits per heavy atom. The smallest absolute Gasteiger partial charge is 0.289 e. The number of aromatic nitrogens is 2. The average molecular weight is 402 g/mol. The molecule has 0 N–H and O–H groups in total. The van der Waals surface area contributed by atoms with Gasteiger partial charge in [0.15, 0.2) is 9.84 Å². The van der Waals surface area contributed by atoms with Crippen molar-refractivity contribution in [2.24, 2.45) is 0 Å². The summed E-state index contributed by atoms with van der Waals surface area (Å²) in [5.41, 5.74) is 2.92. The van der Waals surface area contributed by atoms with E-state index in [1.54, 1.807) is 16.8 Å². The molecule has 0 atom stereocenters. The van der Waals surface area contributed by atoms with Gasteiger partial charge in [-0.1, -0.05) is 18.2 Å². The van der Waals surface area contributed by atoms with Crippen LogP contribution in [-0.4, -0.2) is 31.0 Å². The van der Waals surface area contributed by atoms with Crippen LogP contribution in [-0.2, 0) is 22.9 Å². The molecule has 4 rings (SSSR count). The Labute approximate surface area is 163 Å². The highest BCUT2D eigenvalue weighted by Crippen LogP contribution is 2.30. The number of nitrogens with zero attached hydrogens (tertiary/aromatic N) is 3. The van der Waals surface area contributed by atoms with Gasteiger partial charge in [-0.3, -0.25) is 0 Å². The fourth-order valence-corrected chi connectivity index (χ4v) is 4.13. The highest BCUT2D eigenvalue weighted by atomic mass is 32.2. The fourth-order valence-electron chi connectivity index (χ4n) is 3.28. The molecule has 0 unspecified atom stereocenters. The Morgan fingerprint density at radius 3 is 2.70 bits per heavy atom. The lowest BCUT2D eigenvalue weighted by Crippen LogP contribution is -2.32. The highest BCUT2D eigenvalue weighted by Gasteiger charge is 2.20. The van der Waals surface area contributed by atoms with Gasteiger partial charge in [-0.2, -0.15) is 0 Å². The van der Waals surface area contributed by atoms with Gasteiger partial charge in [-0.15, -0.1) is 5.10 Å². The molecule has 140 valence electrons. The Morgan fingerprint density at radius 1 is 1.19 bits per heavy atom. The van der Waals surface area contributed by atoms with Crippen molar-refractivity contribution in [1.82, 2.24) is 9.78 Å². The highest BCUT2D eigenvalue weighted by molar-refractivity contribution is 7.90. The van der Waals surface area contributed by atoms with Gasteiger partial charge < -0.3 is 9.32 Å². The molecule has 0 spiro atoms. The van der Waals surface area contributed by atoms with Gasteiger partial charge in [-0.05, 0) is 61.0 Å². The number of rotatable bonds is 4. The third-order valence-corrected chi connectivity index (χ3v) is 6.03. The van der Waals surface area contributed by atoms with Crippen LogP contribution in [0.15, 0.2) is 57.8 Å². The van der Waals surface area contributed by atoms with E-state index in [4.69, 9.17) is 16.6 Å². The summed E-state index contributed by atoms with van der Waals surface area (Å²) in [6.45, 7) is 1.31. The van der Waals surface area contributed by atoms with Crippen LogP contribution < -0.4 is 4.90 Å². The second-order valence-electron chi connectivity index (χ2n) is 6.61. The first kappa shape index (κ1) is 17.9. The van der Waals surface area contributed by atoms with Gasteiger partial charge in [0.2, 0.25) is 5.89 Å². The quantitative estimate of drug-likeness (QED) is 0.621. The summed E-state index contributed by atoms with van der Waals surface area (Å²) in [6, 6.07) is 14.9. The molecule has 1 aromatic heterocycles. The van der Waals surface area contributed by atoms with E-state index in [0.29, 0.717) is 22.3 Å². The summed E-state index contributed by atoms with van der Waals surface area (Å²) in [7, 11) is -3.21. The van der Waals surface area contributed by atoms with Gasteiger partial charge >= 0.3 is 0 Å². The molecule has 1 aliphatic heterocycles. The molecule has 0 radical (unpaired) electrons. The van der Waals surface area contributed by atoms with Crippen molar-refractivity contribution in [3.8, 4) is 11.5 Å². The largest absolute Gasteiger partial charge is 0.409 e. The van der Waals surface area contributed by atoms with E-state index in [1.807, 2.05) is 36.4 Å². The molecular formula is C19H19N3O3S2. The van der Waals surface area contributed by atoms with Crippen molar-refractivity contribution in [1.29, 1.82) is 0 Å². The Hall–Kier alpha value is -2.45. The van der Waals surface area contributed by atoms with Crippen molar-refractivity contribution < 1.29 is 12.8 Å². The number of hydrogen-bond donors (Lipinski definition) is 0. The number of sulfone groups is 1. The van der Waals surface area contributed by atoms with Crippen LogP contribution in [0, 0.1) is 4.84 Å². The predicted octanol–water partition coefficient (Wildman–Crippen LogP) is 3.69. The van der Waals surface area contributed by atoms with Crippen molar-refractivity contribution in [3.63, 3.8) is 0 Å². The summed E-state index contributed by atoms with van der Waals surface area (Å²) >= 11 is 5.34. The Balaban J connectivity index is 1.64. The maximum Gasteiger partial charge on any atom is 0.289 e. The van der Waals surface area contributed by atoms with Crippen LogP contribution in [0.25, 0.3) is 11.5 Å². The second kappa shape index (κ2) is 6.94. The molecule has 0 aliphatic carbocycles. The Bertz CT molecular complexity index is 1130. The number of benzene rings is 2. The van der Waals surface area contributed by atoms with Crippen LogP contribution >= 0.6 is 12.2 Å². The first-order valence-corrected chi connectivity index (χ1v) is 10.9. The van der Waals surface area contributed by atoms with Crippen molar-refractivity contribution >= 4 is 27.7 Å². The molecule has 6 nitrogen and oxygen atoms in total. The zero-order chi connectivity index (χ0) is 19.0. The average Bonchev–Trinajstić information content (AvgIpc) is 3.02. The lowest BCUT2D eigenvalue weighted by atomic mass is 10.0. The molecule has 0 amide bonds. The lowest BCUT2D eigenvalue weighted by Gasteiger charge is -2.31. The SMILES string of the molecule is CS(=O)(=O)c1ccc2c(c1)CCCN2Cn1nc(-c2ccccc2)oc1=S. The minimum Gasteiger partial charge on any atom is -0.409 e. The van der Waals surface area contributed by atoms with Crippen LogP contribution in [0.5, 0.6) is 0 Å². The predicted molar refractivity (Wildman–Crippen MR) is 106 cm³/mol. The molecular weight excluding hydrogens is 382 g/mol. The third kappa shape index (κ3) is 3.68. The number of aryl methyl sites for hydroxylation is 1. The van der Waals surface area contributed by atoms with Crippen LogP contribution in [0.2, 0.25) is 0 Å². The van der Waals surface area contributed by atoms with Crippen molar-refractivity contribution in [2.45, 2.75) is 24.4 Å². The van der Waals surface area contributed by atoms with E-state index in [0.717, 1.165) is 36.2 Å². The standard InChI is InChI=1S/C19H19N3O3S2/c1-27(23,24)16-9-10-17-15(12-16)8-5-11-21(17)13-22-19(26)25-18(20-22)14-6-3-2-4-7-14/h2-4,6-7,9-10,12H,5,8,11,13H2,1H3. The number of fused-ring (bicyclic) bond motifs is 1. The minimum atomic E-state index is -3.21. The molecule has 27 heavy (non-hydrogen) atoms. The first-order chi connectivity index (χ1) is 12.9. The van der Waals surface area contributed by atoms with Crippen molar-refractivity contribution in [3.05, 3.63) is 58.9 Å². The molecule has 0 fully saturated rings. The maximum atomic E-state index is 11.8. The van der Waals surface area contributed by atoms with Gasteiger partial charge in [0, 0.05) is 24.1 Å². The summed E-state index contributed by atoms with van der Waals surface area (Å²) in [5, 5.41) is 4.51. The van der Waals surface area contributed by atoms with Gasteiger partial charge in [0.1, 0.15) is 6.67 Å². The molecule has 1 aliphatic rings. The van der Waals surface area contributed by atoms with E-state index in [1.165, 1.54) is 6.26 Å². The van der Waals surface area contributed by atoms with E-state index in [-0.39, 0.29) is 0 Å². The first-order valence-electron chi connectivity index (χ1n) is 8.63.